The summed E-state index contributed by atoms with van der Waals surface area (Å²) in [6.45, 7) is 4.79. The Labute approximate surface area is 191 Å². The second kappa shape index (κ2) is 8.92. The van der Waals surface area contributed by atoms with Gasteiger partial charge < -0.3 is 20.3 Å². The Morgan fingerprint density at radius 2 is 2.03 bits per heavy atom. The summed E-state index contributed by atoms with van der Waals surface area (Å²) in [5, 5.41) is 8.11. The van der Waals surface area contributed by atoms with Crippen molar-refractivity contribution in [2.45, 2.75) is 25.8 Å². The average Bonchev–Trinajstić information content (AvgIpc) is 3.10. The van der Waals surface area contributed by atoms with E-state index in [1.807, 2.05) is 12.1 Å². The Morgan fingerprint density at radius 1 is 1.19 bits per heavy atom. The van der Waals surface area contributed by atoms with Gasteiger partial charge in [0.2, 0.25) is 0 Å². The number of methoxy groups -OCH3 is 1. The summed E-state index contributed by atoms with van der Waals surface area (Å²) in [5.41, 5.74) is 3.90. The van der Waals surface area contributed by atoms with Gasteiger partial charge in [0.05, 0.1) is 24.0 Å². The summed E-state index contributed by atoms with van der Waals surface area (Å²) in [5.74, 6) is 1.60. The van der Waals surface area contributed by atoms with E-state index < -0.39 is 0 Å². The molecular weight excluding hydrogens is 423 g/mol. The number of amidine groups is 1. The highest BCUT2D eigenvalue weighted by Crippen LogP contribution is 2.39. The molecule has 0 saturated carbocycles. The molecule has 1 aromatic heterocycles. The number of halogens is 1. The highest BCUT2D eigenvalue weighted by molar-refractivity contribution is 7.16. The minimum Gasteiger partial charge on any atom is -0.497 e. The zero-order valence-electron chi connectivity index (χ0n) is 18.3. The molecule has 3 aromatic rings. The molecule has 0 aliphatic carbocycles. The quantitative estimate of drug-likeness (QED) is 0.570. The number of anilines is 2. The topological polar surface area (TPSA) is 48.9 Å². The van der Waals surface area contributed by atoms with Crippen LogP contribution in [0.2, 0.25) is 0 Å². The summed E-state index contributed by atoms with van der Waals surface area (Å²) in [6, 6.07) is 15.6. The Kier molecular flexibility index (Phi) is 5.85. The van der Waals surface area contributed by atoms with Crippen LogP contribution in [0.1, 0.15) is 22.4 Å². The number of hydrogen-bond donors (Lipinski definition) is 2. The Balaban J connectivity index is 1.37. The summed E-state index contributed by atoms with van der Waals surface area (Å²) in [4.78, 5) is 8.59. The van der Waals surface area contributed by atoms with Crippen LogP contribution in [0.4, 0.5) is 20.8 Å². The molecule has 0 bridgehead atoms. The van der Waals surface area contributed by atoms with Crippen molar-refractivity contribution in [2.75, 3.05) is 32.1 Å². The van der Waals surface area contributed by atoms with Gasteiger partial charge in [0, 0.05) is 30.6 Å². The number of fused-ring (bicyclic) bond motifs is 2. The van der Waals surface area contributed by atoms with E-state index in [9.17, 15) is 4.39 Å². The third-order valence-electron chi connectivity index (χ3n) is 6.02. The van der Waals surface area contributed by atoms with Gasteiger partial charge in [-0.2, -0.15) is 0 Å². The van der Waals surface area contributed by atoms with Gasteiger partial charge in [-0.25, -0.2) is 9.38 Å². The molecule has 2 N–H and O–H groups in total. The van der Waals surface area contributed by atoms with E-state index >= 15 is 0 Å². The van der Waals surface area contributed by atoms with Gasteiger partial charge in [-0.3, -0.25) is 0 Å². The molecule has 7 heteroatoms. The fraction of sp³-hybridized carbons (Fsp3) is 0.320. The number of ether oxygens (including phenoxy) is 1. The number of nitrogens with zero attached hydrogens (tertiary/aromatic N) is 2. The van der Waals surface area contributed by atoms with Gasteiger partial charge in [-0.15, -0.1) is 11.3 Å². The Hall–Kier alpha value is -2.90. The van der Waals surface area contributed by atoms with Crippen molar-refractivity contribution < 1.29 is 9.13 Å². The third-order valence-corrected chi connectivity index (χ3v) is 6.99. The van der Waals surface area contributed by atoms with Gasteiger partial charge in [-0.1, -0.05) is 12.1 Å². The minimum absolute atomic E-state index is 0.259. The molecule has 32 heavy (non-hydrogen) atoms. The first-order chi connectivity index (χ1) is 15.6. The predicted molar refractivity (Wildman–Crippen MR) is 130 cm³/mol. The van der Waals surface area contributed by atoms with Crippen LogP contribution in [0.15, 0.2) is 53.5 Å². The fourth-order valence-electron chi connectivity index (χ4n) is 4.36. The van der Waals surface area contributed by atoms with Gasteiger partial charge in [-0.05, 0) is 61.7 Å². The Morgan fingerprint density at radius 3 is 2.84 bits per heavy atom. The van der Waals surface area contributed by atoms with Crippen molar-refractivity contribution in [3.05, 3.63) is 70.4 Å². The van der Waals surface area contributed by atoms with Crippen LogP contribution in [0.3, 0.4) is 0 Å². The molecule has 2 aromatic carbocycles. The fourth-order valence-corrected chi connectivity index (χ4v) is 5.28. The van der Waals surface area contributed by atoms with Crippen LogP contribution < -0.4 is 15.4 Å². The van der Waals surface area contributed by atoms with E-state index in [0.29, 0.717) is 11.7 Å². The van der Waals surface area contributed by atoms with Crippen molar-refractivity contribution in [3.8, 4) is 5.75 Å². The summed E-state index contributed by atoms with van der Waals surface area (Å²) < 4.78 is 19.1. The van der Waals surface area contributed by atoms with Gasteiger partial charge in [0.25, 0.3) is 0 Å². The zero-order valence-corrected chi connectivity index (χ0v) is 19.1. The summed E-state index contributed by atoms with van der Waals surface area (Å²) in [7, 11) is 1.69. The number of benzene rings is 2. The van der Waals surface area contributed by atoms with Gasteiger partial charge in [0.15, 0.2) is 0 Å². The molecule has 3 heterocycles. The maximum atomic E-state index is 13.9. The van der Waals surface area contributed by atoms with Crippen LogP contribution in [-0.2, 0) is 6.42 Å². The van der Waals surface area contributed by atoms with E-state index in [0.717, 1.165) is 60.3 Å². The first-order valence-corrected chi connectivity index (χ1v) is 11.8. The van der Waals surface area contributed by atoms with Gasteiger partial charge in [0.1, 0.15) is 22.4 Å². The SMILES string of the molecule is COc1ccc(CCC2CN(C3=Nc4ccc(F)cc4Nc4sc(C)cc43)CCN2)cc1. The van der Waals surface area contributed by atoms with Crippen molar-refractivity contribution in [3.63, 3.8) is 0 Å². The number of thiophene rings is 1. The van der Waals surface area contributed by atoms with E-state index in [-0.39, 0.29) is 5.82 Å². The number of piperazine rings is 1. The first-order valence-electron chi connectivity index (χ1n) is 11.0. The van der Waals surface area contributed by atoms with E-state index in [2.05, 4.69) is 40.7 Å². The molecule has 0 spiro atoms. The lowest BCUT2D eigenvalue weighted by Gasteiger charge is -2.36. The molecule has 1 atom stereocenters. The second-order valence-corrected chi connectivity index (χ2v) is 9.56. The molecule has 1 unspecified atom stereocenters. The molecule has 2 aliphatic rings. The van der Waals surface area contributed by atoms with Gasteiger partial charge >= 0.3 is 0 Å². The molecule has 5 rings (SSSR count). The molecular formula is C25H27FN4OS. The van der Waals surface area contributed by atoms with E-state index in [1.165, 1.54) is 22.6 Å². The normalized spacial score (nSPS) is 17.7. The second-order valence-electron chi connectivity index (χ2n) is 8.31. The lowest BCUT2D eigenvalue weighted by molar-refractivity contribution is 0.282. The van der Waals surface area contributed by atoms with Crippen molar-refractivity contribution in [1.29, 1.82) is 0 Å². The smallest absolute Gasteiger partial charge is 0.139 e. The third kappa shape index (κ3) is 4.36. The number of nitrogens with one attached hydrogen (secondary N) is 2. The zero-order chi connectivity index (χ0) is 22.1. The van der Waals surface area contributed by atoms with Crippen LogP contribution in [-0.4, -0.2) is 43.5 Å². The molecule has 0 amide bonds. The van der Waals surface area contributed by atoms with Crippen LogP contribution >= 0.6 is 11.3 Å². The largest absolute Gasteiger partial charge is 0.497 e. The predicted octanol–water partition coefficient (Wildman–Crippen LogP) is 5.25. The molecule has 0 radical (unpaired) electrons. The van der Waals surface area contributed by atoms with Crippen LogP contribution in [0, 0.1) is 12.7 Å². The molecule has 1 fully saturated rings. The van der Waals surface area contributed by atoms with Crippen LogP contribution in [0.5, 0.6) is 5.75 Å². The number of rotatable bonds is 4. The highest BCUT2D eigenvalue weighted by atomic mass is 32.1. The minimum atomic E-state index is -0.259. The average molecular weight is 451 g/mol. The lowest BCUT2D eigenvalue weighted by atomic mass is 10.0. The number of aryl methyl sites for hydroxylation is 2. The van der Waals surface area contributed by atoms with E-state index in [4.69, 9.17) is 9.73 Å². The molecule has 166 valence electrons. The number of hydrogen-bond acceptors (Lipinski definition) is 6. The van der Waals surface area contributed by atoms with Crippen molar-refractivity contribution in [1.82, 2.24) is 10.2 Å². The molecule has 5 nitrogen and oxygen atoms in total. The maximum absolute atomic E-state index is 13.9. The monoisotopic (exact) mass is 450 g/mol. The van der Waals surface area contributed by atoms with Crippen molar-refractivity contribution in [2.24, 2.45) is 4.99 Å². The molecule has 1 saturated heterocycles. The standard InChI is InChI=1S/C25H27FN4OS/c1-16-13-21-24(28-22-10-6-18(26)14-23(22)29-25(21)32-16)30-12-11-27-19(15-30)7-3-17-4-8-20(31-2)9-5-17/h4-6,8-10,13-14,19,27,29H,3,7,11-12,15H2,1-2H3. The summed E-state index contributed by atoms with van der Waals surface area (Å²) in [6.07, 6.45) is 2.06. The first kappa shape index (κ1) is 21.0. The van der Waals surface area contributed by atoms with Crippen LogP contribution in [0.25, 0.3) is 0 Å². The maximum Gasteiger partial charge on any atom is 0.139 e. The Bertz CT molecular complexity index is 1140. The van der Waals surface area contributed by atoms with Crippen molar-refractivity contribution >= 4 is 33.5 Å². The number of aliphatic imine (C=N–C) groups is 1. The summed E-state index contributed by atoms with van der Waals surface area (Å²) >= 11 is 1.69. The van der Waals surface area contributed by atoms with E-state index in [1.54, 1.807) is 24.5 Å². The highest BCUT2D eigenvalue weighted by Gasteiger charge is 2.27. The lowest BCUT2D eigenvalue weighted by Crippen LogP contribution is -2.52. The molecule has 2 aliphatic heterocycles.